The molecule has 0 spiro atoms. The van der Waals surface area contributed by atoms with Gasteiger partial charge in [0, 0.05) is 17.8 Å². The average molecular weight is 228 g/mol. The van der Waals surface area contributed by atoms with Crippen LogP contribution in [0.3, 0.4) is 0 Å². The first kappa shape index (κ1) is 10.3. The van der Waals surface area contributed by atoms with Crippen molar-refractivity contribution in [3.63, 3.8) is 0 Å². The molecule has 4 nitrogen and oxygen atoms in total. The average Bonchev–Trinajstić information content (AvgIpc) is 3.08. The van der Waals surface area contributed by atoms with Crippen LogP contribution in [0.2, 0.25) is 0 Å². The summed E-state index contributed by atoms with van der Waals surface area (Å²) in [5.74, 6) is 2.48. The predicted molar refractivity (Wildman–Crippen MR) is 67.8 cm³/mol. The minimum atomic E-state index is 0.762. The molecule has 0 unspecified atom stereocenters. The maximum absolute atomic E-state index is 4.34. The summed E-state index contributed by atoms with van der Waals surface area (Å²) in [5.41, 5.74) is 2.20. The third-order valence-corrected chi connectivity index (χ3v) is 3.01. The predicted octanol–water partition coefficient (Wildman–Crippen LogP) is 2.60. The van der Waals surface area contributed by atoms with Crippen LogP contribution in [0.15, 0.2) is 24.3 Å². The number of aromatic nitrogens is 3. The Bertz CT molecular complexity index is 514. The highest BCUT2D eigenvalue weighted by Gasteiger charge is 2.20. The number of aryl methyl sites for hydroxylation is 1. The lowest BCUT2D eigenvalue weighted by Crippen LogP contribution is -2.02. The van der Waals surface area contributed by atoms with Crippen molar-refractivity contribution >= 4 is 5.69 Å². The van der Waals surface area contributed by atoms with Crippen LogP contribution in [0.1, 0.15) is 18.7 Å². The third kappa shape index (κ3) is 2.46. The Labute approximate surface area is 100 Å². The summed E-state index contributed by atoms with van der Waals surface area (Å²) in [6, 6.07) is 8.26. The van der Waals surface area contributed by atoms with Gasteiger partial charge >= 0.3 is 0 Å². The Hall–Kier alpha value is -1.84. The first-order chi connectivity index (χ1) is 8.31. The number of hydrogen-bond acceptors (Lipinski definition) is 3. The highest BCUT2D eigenvalue weighted by atomic mass is 15.2. The molecular formula is C13H16N4. The molecule has 1 heterocycles. The fraction of sp³-hybridized carbons (Fsp3) is 0.385. The van der Waals surface area contributed by atoms with Crippen molar-refractivity contribution in [2.75, 3.05) is 11.9 Å². The van der Waals surface area contributed by atoms with Crippen molar-refractivity contribution in [1.82, 2.24) is 15.2 Å². The molecule has 1 saturated carbocycles. The van der Waals surface area contributed by atoms with Crippen molar-refractivity contribution in [2.24, 2.45) is 5.92 Å². The maximum atomic E-state index is 4.34. The van der Waals surface area contributed by atoms with Crippen LogP contribution in [-0.2, 0) is 0 Å². The molecular weight excluding hydrogens is 212 g/mol. The Morgan fingerprint density at radius 1 is 1.41 bits per heavy atom. The monoisotopic (exact) mass is 228 g/mol. The molecule has 1 aliphatic carbocycles. The Balaban J connectivity index is 1.77. The molecule has 2 N–H and O–H groups in total. The third-order valence-electron chi connectivity index (χ3n) is 3.01. The fourth-order valence-corrected chi connectivity index (χ4v) is 1.82. The van der Waals surface area contributed by atoms with Gasteiger partial charge < -0.3 is 5.32 Å². The number of nitrogens with zero attached hydrogens (tertiary/aromatic N) is 2. The van der Waals surface area contributed by atoms with Gasteiger partial charge in [-0.05, 0) is 37.8 Å². The molecule has 1 aromatic carbocycles. The minimum absolute atomic E-state index is 0.762. The van der Waals surface area contributed by atoms with Gasteiger partial charge in [0.25, 0.3) is 0 Å². The number of benzene rings is 1. The van der Waals surface area contributed by atoms with Crippen LogP contribution in [0.5, 0.6) is 0 Å². The van der Waals surface area contributed by atoms with E-state index in [0.717, 1.165) is 35.4 Å². The second-order valence-corrected chi connectivity index (χ2v) is 4.65. The van der Waals surface area contributed by atoms with E-state index in [4.69, 9.17) is 0 Å². The van der Waals surface area contributed by atoms with Crippen molar-refractivity contribution < 1.29 is 0 Å². The van der Waals surface area contributed by atoms with E-state index >= 15 is 0 Å². The van der Waals surface area contributed by atoms with Gasteiger partial charge in [0.1, 0.15) is 5.82 Å². The van der Waals surface area contributed by atoms with Gasteiger partial charge in [-0.2, -0.15) is 5.10 Å². The molecule has 0 bridgehead atoms. The molecule has 88 valence electrons. The zero-order valence-electron chi connectivity index (χ0n) is 9.90. The van der Waals surface area contributed by atoms with E-state index in [0.29, 0.717) is 0 Å². The summed E-state index contributed by atoms with van der Waals surface area (Å²) < 4.78 is 0. The highest BCUT2D eigenvalue weighted by molar-refractivity contribution is 5.62. The maximum Gasteiger partial charge on any atom is 0.181 e. The number of H-pyrrole nitrogens is 1. The lowest BCUT2D eigenvalue weighted by Gasteiger charge is -2.05. The summed E-state index contributed by atoms with van der Waals surface area (Å²) in [6.07, 6.45) is 2.74. The molecule has 1 aromatic heterocycles. The van der Waals surface area contributed by atoms with E-state index in [1.54, 1.807) is 0 Å². The van der Waals surface area contributed by atoms with Crippen LogP contribution in [0.4, 0.5) is 5.69 Å². The van der Waals surface area contributed by atoms with Gasteiger partial charge in [-0.1, -0.05) is 12.1 Å². The lowest BCUT2D eigenvalue weighted by molar-refractivity contribution is 0.889. The number of aromatic amines is 1. The molecule has 0 saturated heterocycles. The summed E-state index contributed by atoms with van der Waals surface area (Å²) in [6.45, 7) is 2.99. The standard InChI is InChI=1S/C13H16N4/c1-9-15-13(17-16-9)11-3-2-4-12(7-11)14-8-10-5-6-10/h2-4,7,10,14H,5-6,8H2,1H3,(H,15,16,17). The summed E-state index contributed by atoms with van der Waals surface area (Å²) in [5, 5.41) is 10.5. The lowest BCUT2D eigenvalue weighted by atomic mass is 10.2. The molecule has 17 heavy (non-hydrogen) atoms. The van der Waals surface area contributed by atoms with E-state index in [1.807, 2.05) is 19.1 Å². The van der Waals surface area contributed by atoms with Crippen LogP contribution >= 0.6 is 0 Å². The van der Waals surface area contributed by atoms with Crippen LogP contribution < -0.4 is 5.32 Å². The molecule has 1 aliphatic rings. The van der Waals surface area contributed by atoms with E-state index in [9.17, 15) is 0 Å². The first-order valence-corrected chi connectivity index (χ1v) is 6.04. The minimum Gasteiger partial charge on any atom is -0.385 e. The van der Waals surface area contributed by atoms with Gasteiger partial charge in [0.2, 0.25) is 0 Å². The van der Waals surface area contributed by atoms with Crippen molar-refractivity contribution in [2.45, 2.75) is 19.8 Å². The van der Waals surface area contributed by atoms with Gasteiger partial charge in [-0.25, -0.2) is 4.98 Å². The van der Waals surface area contributed by atoms with E-state index < -0.39 is 0 Å². The zero-order chi connectivity index (χ0) is 11.7. The SMILES string of the molecule is Cc1nc(-c2cccc(NCC3CC3)c2)n[nH]1. The smallest absolute Gasteiger partial charge is 0.181 e. The molecule has 0 amide bonds. The Kier molecular flexibility index (Phi) is 2.55. The van der Waals surface area contributed by atoms with E-state index in [1.165, 1.54) is 12.8 Å². The topological polar surface area (TPSA) is 53.6 Å². The van der Waals surface area contributed by atoms with Crippen molar-refractivity contribution in [3.8, 4) is 11.4 Å². The van der Waals surface area contributed by atoms with Crippen LogP contribution in [0.25, 0.3) is 11.4 Å². The first-order valence-electron chi connectivity index (χ1n) is 6.04. The summed E-state index contributed by atoms with van der Waals surface area (Å²) in [7, 11) is 0. The molecule has 4 heteroatoms. The number of rotatable bonds is 4. The number of nitrogens with one attached hydrogen (secondary N) is 2. The van der Waals surface area contributed by atoms with Gasteiger partial charge in [-0.3, -0.25) is 5.10 Å². The fourth-order valence-electron chi connectivity index (χ4n) is 1.82. The Morgan fingerprint density at radius 3 is 3.00 bits per heavy atom. The van der Waals surface area contributed by atoms with Crippen molar-refractivity contribution in [3.05, 3.63) is 30.1 Å². The van der Waals surface area contributed by atoms with Crippen LogP contribution in [0, 0.1) is 12.8 Å². The van der Waals surface area contributed by atoms with Crippen molar-refractivity contribution in [1.29, 1.82) is 0 Å². The van der Waals surface area contributed by atoms with Gasteiger partial charge in [0.05, 0.1) is 0 Å². The molecule has 1 fully saturated rings. The molecule has 0 radical (unpaired) electrons. The summed E-state index contributed by atoms with van der Waals surface area (Å²) in [4.78, 5) is 4.34. The van der Waals surface area contributed by atoms with Gasteiger partial charge in [0.15, 0.2) is 5.82 Å². The molecule has 0 aliphatic heterocycles. The van der Waals surface area contributed by atoms with E-state index in [2.05, 4.69) is 32.6 Å². The number of hydrogen-bond donors (Lipinski definition) is 2. The summed E-state index contributed by atoms with van der Waals surface area (Å²) >= 11 is 0. The normalized spacial score (nSPS) is 14.9. The van der Waals surface area contributed by atoms with E-state index in [-0.39, 0.29) is 0 Å². The second kappa shape index (κ2) is 4.20. The second-order valence-electron chi connectivity index (χ2n) is 4.65. The molecule has 3 rings (SSSR count). The number of anilines is 1. The molecule has 2 aromatic rings. The van der Waals surface area contributed by atoms with Gasteiger partial charge in [-0.15, -0.1) is 0 Å². The molecule has 0 atom stereocenters. The highest BCUT2D eigenvalue weighted by Crippen LogP contribution is 2.29. The largest absolute Gasteiger partial charge is 0.385 e. The van der Waals surface area contributed by atoms with Crippen LogP contribution in [-0.4, -0.2) is 21.7 Å². The Morgan fingerprint density at radius 2 is 2.29 bits per heavy atom. The zero-order valence-corrected chi connectivity index (χ0v) is 9.90. The quantitative estimate of drug-likeness (QED) is 0.845.